The van der Waals surface area contributed by atoms with Gasteiger partial charge in [0, 0.05) is 12.5 Å². The van der Waals surface area contributed by atoms with Crippen molar-refractivity contribution < 1.29 is 9.26 Å². The summed E-state index contributed by atoms with van der Waals surface area (Å²) in [6, 6.07) is 0. The number of anilines is 1. The van der Waals surface area contributed by atoms with Gasteiger partial charge in [-0.2, -0.15) is 4.98 Å². The fraction of sp³-hybridized carbons (Fsp3) is 0.545. The van der Waals surface area contributed by atoms with Gasteiger partial charge in [-0.15, -0.1) is 11.3 Å². The minimum atomic E-state index is -0.386. The summed E-state index contributed by atoms with van der Waals surface area (Å²) in [6.45, 7) is 0. The largest absolute Gasteiger partial charge is 0.375 e. The van der Waals surface area contributed by atoms with Gasteiger partial charge in [0.05, 0.1) is 0 Å². The molecule has 18 heavy (non-hydrogen) atoms. The Bertz CT molecular complexity index is 545. The van der Waals surface area contributed by atoms with Crippen LogP contribution < -0.4 is 5.73 Å². The summed E-state index contributed by atoms with van der Waals surface area (Å²) in [5.74, 6) is 1.02. The van der Waals surface area contributed by atoms with Crippen LogP contribution in [0.15, 0.2) is 9.90 Å². The van der Waals surface area contributed by atoms with Crippen molar-refractivity contribution in [2.45, 2.75) is 31.3 Å². The first-order chi connectivity index (χ1) is 8.73. The topological polar surface area (TPSA) is 87.1 Å². The van der Waals surface area contributed by atoms with E-state index < -0.39 is 0 Å². The van der Waals surface area contributed by atoms with E-state index in [2.05, 4.69) is 15.1 Å². The van der Waals surface area contributed by atoms with E-state index in [1.807, 2.05) is 0 Å². The van der Waals surface area contributed by atoms with Crippen LogP contribution in [0.3, 0.4) is 0 Å². The standard InChI is InChI=1S/C11H14N4O2S/c1-16-11(4-2-3-5-11)9-14-8(17-15-9)7-6-18-10(12)13-7/h6H,2-5H2,1H3,(H2,12,13). The van der Waals surface area contributed by atoms with E-state index in [-0.39, 0.29) is 5.60 Å². The van der Waals surface area contributed by atoms with Crippen LogP contribution in [-0.2, 0) is 10.3 Å². The lowest BCUT2D eigenvalue weighted by Gasteiger charge is -2.22. The maximum Gasteiger partial charge on any atom is 0.277 e. The van der Waals surface area contributed by atoms with Gasteiger partial charge in [-0.3, -0.25) is 0 Å². The smallest absolute Gasteiger partial charge is 0.277 e. The first-order valence-electron chi connectivity index (χ1n) is 5.84. The molecule has 0 spiro atoms. The predicted molar refractivity (Wildman–Crippen MR) is 67.0 cm³/mol. The van der Waals surface area contributed by atoms with Crippen molar-refractivity contribution in [3.63, 3.8) is 0 Å². The van der Waals surface area contributed by atoms with Crippen LogP contribution in [0.4, 0.5) is 5.13 Å². The fourth-order valence-electron chi connectivity index (χ4n) is 2.36. The van der Waals surface area contributed by atoms with Crippen molar-refractivity contribution in [2.75, 3.05) is 12.8 Å². The van der Waals surface area contributed by atoms with E-state index in [0.717, 1.165) is 25.7 Å². The van der Waals surface area contributed by atoms with Gasteiger partial charge in [-0.1, -0.05) is 5.16 Å². The van der Waals surface area contributed by atoms with E-state index >= 15 is 0 Å². The van der Waals surface area contributed by atoms with Crippen molar-refractivity contribution in [1.29, 1.82) is 0 Å². The highest BCUT2D eigenvalue weighted by Gasteiger charge is 2.40. The fourth-order valence-corrected chi connectivity index (χ4v) is 2.90. The first kappa shape index (κ1) is 11.6. The van der Waals surface area contributed by atoms with Crippen LogP contribution in [0.2, 0.25) is 0 Å². The average Bonchev–Trinajstić information content (AvgIpc) is 3.08. The van der Waals surface area contributed by atoms with Gasteiger partial charge in [0.2, 0.25) is 5.82 Å². The van der Waals surface area contributed by atoms with Gasteiger partial charge >= 0.3 is 0 Å². The van der Waals surface area contributed by atoms with Gasteiger partial charge in [-0.05, 0) is 25.7 Å². The molecule has 6 nitrogen and oxygen atoms in total. The second-order valence-corrected chi connectivity index (χ2v) is 5.29. The van der Waals surface area contributed by atoms with Crippen LogP contribution >= 0.6 is 11.3 Å². The van der Waals surface area contributed by atoms with E-state index in [1.165, 1.54) is 11.3 Å². The number of methoxy groups -OCH3 is 1. The first-order valence-corrected chi connectivity index (χ1v) is 6.72. The highest BCUT2D eigenvalue weighted by molar-refractivity contribution is 7.13. The average molecular weight is 266 g/mol. The molecule has 3 rings (SSSR count). The van der Waals surface area contributed by atoms with Gasteiger partial charge in [0.1, 0.15) is 11.3 Å². The molecule has 0 amide bonds. The van der Waals surface area contributed by atoms with Gasteiger partial charge < -0.3 is 15.0 Å². The van der Waals surface area contributed by atoms with Gasteiger partial charge in [0.15, 0.2) is 5.13 Å². The lowest BCUT2D eigenvalue weighted by Crippen LogP contribution is -2.25. The zero-order valence-corrected chi connectivity index (χ0v) is 10.9. The maximum absolute atomic E-state index is 5.61. The molecule has 0 aliphatic heterocycles. The van der Waals surface area contributed by atoms with E-state index in [9.17, 15) is 0 Å². The quantitative estimate of drug-likeness (QED) is 0.916. The molecule has 2 aromatic rings. The molecule has 1 aliphatic rings. The number of ether oxygens (including phenoxy) is 1. The molecular weight excluding hydrogens is 252 g/mol. The molecule has 0 atom stereocenters. The highest BCUT2D eigenvalue weighted by atomic mass is 32.1. The molecule has 0 bridgehead atoms. The van der Waals surface area contributed by atoms with Crippen molar-refractivity contribution in [3.05, 3.63) is 11.2 Å². The Morgan fingerprint density at radius 3 is 2.78 bits per heavy atom. The molecular formula is C11H14N4O2S. The Labute approximate surface area is 108 Å². The predicted octanol–water partition coefficient (Wildman–Crippen LogP) is 2.19. The van der Waals surface area contributed by atoms with Crippen LogP contribution in [0.5, 0.6) is 0 Å². The lowest BCUT2D eigenvalue weighted by atomic mass is 10.0. The van der Waals surface area contributed by atoms with Crippen LogP contribution in [0, 0.1) is 0 Å². The summed E-state index contributed by atoms with van der Waals surface area (Å²) in [5.41, 5.74) is 5.83. The molecule has 1 aliphatic carbocycles. The van der Waals surface area contributed by atoms with E-state index in [1.54, 1.807) is 12.5 Å². The Balaban J connectivity index is 1.93. The minimum absolute atomic E-state index is 0.386. The van der Waals surface area contributed by atoms with Gasteiger partial charge in [-0.25, -0.2) is 4.98 Å². The minimum Gasteiger partial charge on any atom is -0.375 e. The molecule has 96 valence electrons. The number of nitrogens with two attached hydrogens (primary N) is 1. The second kappa shape index (κ2) is 4.33. The summed E-state index contributed by atoms with van der Waals surface area (Å²) in [7, 11) is 1.70. The van der Waals surface area contributed by atoms with Crippen molar-refractivity contribution >= 4 is 16.5 Å². The molecule has 2 aromatic heterocycles. The number of nitrogen functional groups attached to an aromatic ring is 1. The molecule has 2 N–H and O–H groups in total. The highest BCUT2D eigenvalue weighted by Crippen LogP contribution is 2.40. The molecule has 0 unspecified atom stereocenters. The monoisotopic (exact) mass is 266 g/mol. The SMILES string of the molecule is COC1(c2noc(-c3csc(N)n3)n2)CCCC1. The molecule has 1 saturated carbocycles. The lowest BCUT2D eigenvalue weighted by molar-refractivity contribution is -0.0178. The van der Waals surface area contributed by atoms with Crippen LogP contribution in [0.1, 0.15) is 31.5 Å². The van der Waals surface area contributed by atoms with Crippen molar-refractivity contribution in [3.8, 4) is 11.6 Å². The number of thiazole rings is 1. The Kier molecular flexibility index (Phi) is 2.79. The summed E-state index contributed by atoms with van der Waals surface area (Å²) in [5, 5.41) is 6.34. The normalized spacial score (nSPS) is 18.3. The molecule has 0 aromatic carbocycles. The van der Waals surface area contributed by atoms with E-state index in [4.69, 9.17) is 15.0 Å². The second-order valence-electron chi connectivity index (χ2n) is 4.40. The van der Waals surface area contributed by atoms with Gasteiger partial charge in [0.25, 0.3) is 5.89 Å². The molecule has 2 heterocycles. The third-order valence-electron chi connectivity index (χ3n) is 3.38. The van der Waals surface area contributed by atoms with Crippen molar-refractivity contribution in [2.24, 2.45) is 0 Å². The third kappa shape index (κ3) is 1.79. The number of nitrogens with zero attached hydrogens (tertiary/aromatic N) is 3. The Morgan fingerprint density at radius 2 is 2.17 bits per heavy atom. The zero-order chi connectivity index (χ0) is 12.6. The van der Waals surface area contributed by atoms with E-state index in [0.29, 0.717) is 22.5 Å². The summed E-state index contributed by atoms with van der Waals surface area (Å²) in [4.78, 5) is 8.53. The van der Waals surface area contributed by atoms with Crippen LogP contribution in [-0.4, -0.2) is 22.2 Å². The number of hydrogen-bond donors (Lipinski definition) is 1. The molecule has 7 heteroatoms. The summed E-state index contributed by atoms with van der Waals surface area (Å²) in [6.07, 6.45) is 4.12. The maximum atomic E-state index is 5.61. The molecule has 0 saturated heterocycles. The Hall–Kier alpha value is -1.47. The molecule has 0 radical (unpaired) electrons. The van der Waals surface area contributed by atoms with Crippen molar-refractivity contribution in [1.82, 2.24) is 15.1 Å². The Morgan fingerprint density at radius 1 is 1.39 bits per heavy atom. The third-order valence-corrected chi connectivity index (χ3v) is 4.05. The molecule has 1 fully saturated rings. The summed E-state index contributed by atoms with van der Waals surface area (Å²) >= 11 is 1.35. The van der Waals surface area contributed by atoms with Crippen LogP contribution in [0.25, 0.3) is 11.6 Å². The summed E-state index contributed by atoms with van der Waals surface area (Å²) < 4.78 is 10.9. The number of rotatable bonds is 3. The zero-order valence-electron chi connectivity index (χ0n) is 10.0. The number of aromatic nitrogens is 3. The number of hydrogen-bond acceptors (Lipinski definition) is 7.